The van der Waals surface area contributed by atoms with Crippen LogP contribution in [0.25, 0.3) is 11.4 Å². The molecule has 0 bridgehead atoms. The van der Waals surface area contributed by atoms with Crippen LogP contribution in [-0.4, -0.2) is 55.3 Å². The lowest BCUT2D eigenvalue weighted by molar-refractivity contribution is -0.131. The SMILES string of the molecule is Cc1ccc(-c2nnn(CC(=O)N3CCC(C(C)O)C3)n2)cc1. The molecular weight excluding hydrogens is 294 g/mol. The summed E-state index contributed by atoms with van der Waals surface area (Å²) in [5.74, 6) is 0.632. The number of carbonyl (C=O) groups excluding carboxylic acids is 1. The van der Waals surface area contributed by atoms with Crippen molar-refractivity contribution in [2.45, 2.75) is 32.9 Å². The lowest BCUT2D eigenvalue weighted by Crippen LogP contribution is -2.33. The van der Waals surface area contributed by atoms with E-state index >= 15 is 0 Å². The molecule has 0 aliphatic carbocycles. The van der Waals surface area contributed by atoms with E-state index in [1.807, 2.05) is 31.2 Å². The van der Waals surface area contributed by atoms with Crippen LogP contribution in [0.1, 0.15) is 18.9 Å². The fourth-order valence-electron chi connectivity index (χ4n) is 2.76. The van der Waals surface area contributed by atoms with Crippen LogP contribution in [0.5, 0.6) is 0 Å². The summed E-state index contributed by atoms with van der Waals surface area (Å²) in [6, 6.07) is 7.85. The van der Waals surface area contributed by atoms with E-state index in [-0.39, 0.29) is 24.5 Å². The van der Waals surface area contributed by atoms with Gasteiger partial charge in [0.25, 0.3) is 0 Å². The first kappa shape index (κ1) is 15.6. The van der Waals surface area contributed by atoms with Gasteiger partial charge in [-0.3, -0.25) is 4.79 Å². The molecule has 23 heavy (non-hydrogen) atoms. The Morgan fingerprint density at radius 1 is 1.39 bits per heavy atom. The molecule has 2 unspecified atom stereocenters. The number of aliphatic hydroxyl groups is 1. The number of aromatic nitrogens is 4. The van der Waals surface area contributed by atoms with Gasteiger partial charge in [0.1, 0.15) is 6.54 Å². The van der Waals surface area contributed by atoms with Crippen molar-refractivity contribution in [3.8, 4) is 11.4 Å². The number of hydrogen-bond donors (Lipinski definition) is 1. The van der Waals surface area contributed by atoms with E-state index in [0.29, 0.717) is 18.9 Å². The lowest BCUT2D eigenvalue weighted by Gasteiger charge is -2.17. The summed E-state index contributed by atoms with van der Waals surface area (Å²) < 4.78 is 0. The fourth-order valence-corrected chi connectivity index (χ4v) is 2.76. The zero-order chi connectivity index (χ0) is 16.4. The molecule has 0 spiro atoms. The van der Waals surface area contributed by atoms with Crippen LogP contribution in [0.4, 0.5) is 0 Å². The normalized spacial score (nSPS) is 19.1. The number of aliphatic hydroxyl groups excluding tert-OH is 1. The Labute approximate surface area is 134 Å². The highest BCUT2D eigenvalue weighted by atomic mass is 16.3. The molecule has 2 heterocycles. The lowest BCUT2D eigenvalue weighted by atomic mass is 10.0. The maximum Gasteiger partial charge on any atom is 0.246 e. The van der Waals surface area contributed by atoms with Gasteiger partial charge in [0, 0.05) is 24.6 Å². The first-order chi connectivity index (χ1) is 11.0. The molecule has 122 valence electrons. The molecule has 2 atom stereocenters. The molecule has 1 amide bonds. The molecule has 7 nitrogen and oxygen atoms in total. The van der Waals surface area contributed by atoms with Crippen LogP contribution in [0.2, 0.25) is 0 Å². The Morgan fingerprint density at radius 3 is 2.78 bits per heavy atom. The minimum Gasteiger partial charge on any atom is -0.393 e. The van der Waals surface area contributed by atoms with Crippen molar-refractivity contribution >= 4 is 5.91 Å². The summed E-state index contributed by atoms with van der Waals surface area (Å²) in [6.45, 7) is 5.13. The Kier molecular flexibility index (Phi) is 4.38. The number of hydrogen-bond acceptors (Lipinski definition) is 5. The standard InChI is InChI=1S/C16H21N5O2/c1-11-3-5-13(6-4-11)16-17-19-21(18-16)10-15(23)20-8-7-14(9-20)12(2)22/h3-6,12,14,22H,7-10H2,1-2H3. The zero-order valence-corrected chi connectivity index (χ0v) is 13.4. The molecular formula is C16H21N5O2. The van der Waals surface area contributed by atoms with Gasteiger partial charge >= 0.3 is 0 Å². The number of likely N-dealkylation sites (tertiary alicyclic amines) is 1. The van der Waals surface area contributed by atoms with Gasteiger partial charge in [-0.2, -0.15) is 4.80 Å². The van der Waals surface area contributed by atoms with Gasteiger partial charge in [0.15, 0.2) is 0 Å². The molecule has 1 aliphatic heterocycles. The molecule has 7 heteroatoms. The minimum atomic E-state index is -0.384. The first-order valence-electron chi connectivity index (χ1n) is 7.83. The van der Waals surface area contributed by atoms with Crippen molar-refractivity contribution < 1.29 is 9.90 Å². The second-order valence-electron chi connectivity index (χ2n) is 6.14. The average molecular weight is 315 g/mol. The first-order valence-corrected chi connectivity index (χ1v) is 7.83. The topological polar surface area (TPSA) is 84.1 Å². The second kappa shape index (κ2) is 6.45. The van der Waals surface area contributed by atoms with Gasteiger partial charge in [-0.1, -0.05) is 29.8 Å². The third-order valence-corrected chi connectivity index (χ3v) is 4.30. The summed E-state index contributed by atoms with van der Waals surface area (Å²) >= 11 is 0. The van der Waals surface area contributed by atoms with E-state index in [2.05, 4.69) is 15.4 Å². The minimum absolute atomic E-state index is 0.0407. The van der Waals surface area contributed by atoms with Crippen LogP contribution in [0.15, 0.2) is 24.3 Å². The highest BCUT2D eigenvalue weighted by Crippen LogP contribution is 2.20. The van der Waals surface area contributed by atoms with Crippen LogP contribution >= 0.6 is 0 Å². The Bertz CT molecular complexity index is 680. The van der Waals surface area contributed by atoms with Crippen LogP contribution in [-0.2, 0) is 11.3 Å². The van der Waals surface area contributed by atoms with Gasteiger partial charge in [-0.15, -0.1) is 10.2 Å². The largest absolute Gasteiger partial charge is 0.393 e. The van der Waals surface area contributed by atoms with Crippen molar-refractivity contribution in [3.63, 3.8) is 0 Å². The number of nitrogens with zero attached hydrogens (tertiary/aromatic N) is 5. The number of carbonyl (C=O) groups is 1. The van der Waals surface area contributed by atoms with E-state index in [0.717, 1.165) is 17.5 Å². The van der Waals surface area contributed by atoms with Gasteiger partial charge in [-0.25, -0.2) is 0 Å². The fraction of sp³-hybridized carbons (Fsp3) is 0.500. The maximum atomic E-state index is 12.3. The molecule has 1 fully saturated rings. The van der Waals surface area contributed by atoms with Crippen LogP contribution in [0.3, 0.4) is 0 Å². The number of tetrazole rings is 1. The Hall–Kier alpha value is -2.28. The Balaban J connectivity index is 1.63. The van der Waals surface area contributed by atoms with E-state index in [4.69, 9.17) is 0 Å². The molecule has 1 aromatic heterocycles. The van der Waals surface area contributed by atoms with E-state index in [1.54, 1.807) is 11.8 Å². The van der Waals surface area contributed by atoms with Crippen molar-refractivity contribution in [1.29, 1.82) is 0 Å². The third-order valence-electron chi connectivity index (χ3n) is 4.30. The zero-order valence-electron chi connectivity index (χ0n) is 13.4. The van der Waals surface area contributed by atoms with Gasteiger partial charge in [0.2, 0.25) is 11.7 Å². The molecule has 1 N–H and O–H groups in total. The molecule has 2 aromatic rings. The number of amides is 1. The highest BCUT2D eigenvalue weighted by molar-refractivity contribution is 5.76. The molecule has 1 aliphatic rings. The van der Waals surface area contributed by atoms with Crippen molar-refractivity contribution in [2.24, 2.45) is 5.92 Å². The summed E-state index contributed by atoms with van der Waals surface area (Å²) in [4.78, 5) is 15.4. The van der Waals surface area contributed by atoms with E-state index < -0.39 is 0 Å². The second-order valence-corrected chi connectivity index (χ2v) is 6.14. The number of benzene rings is 1. The molecule has 1 aromatic carbocycles. The number of aryl methyl sites for hydroxylation is 1. The third kappa shape index (κ3) is 3.56. The van der Waals surface area contributed by atoms with E-state index in [9.17, 15) is 9.90 Å². The predicted octanol–water partition coefficient (Wildman–Crippen LogP) is 0.878. The quantitative estimate of drug-likeness (QED) is 0.905. The van der Waals surface area contributed by atoms with Gasteiger partial charge in [-0.05, 0) is 25.5 Å². The molecule has 1 saturated heterocycles. The summed E-state index contributed by atoms with van der Waals surface area (Å²) in [5.41, 5.74) is 2.04. The monoisotopic (exact) mass is 315 g/mol. The predicted molar refractivity (Wildman–Crippen MR) is 84.4 cm³/mol. The van der Waals surface area contributed by atoms with Crippen LogP contribution < -0.4 is 0 Å². The van der Waals surface area contributed by atoms with Crippen molar-refractivity contribution in [2.75, 3.05) is 13.1 Å². The summed E-state index contributed by atoms with van der Waals surface area (Å²) in [7, 11) is 0. The highest BCUT2D eigenvalue weighted by Gasteiger charge is 2.29. The van der Waals surface area contributed by atoms with Gasteiger partial charge < -0.3 is 10.0 Å². The molecule has 0 radical (unpaired) electrons. The summed E-state index contributed by atoms with van der Waals surface area (Å²) in [5, 5.41) is 21.9. The average Bonchev–Trinajstić information content (AvgIpc) is 3.17. The maximum absolute atomic E-state index is 12.3. The van der Waals surface area contributed by atoms with Crippen molar-refractivity contribution in [3.05, 3.63) is 29.8 Å². The molecule has 3 rings (SSSR count). The van der Waals surface area contributed by atoms with E-state index in [1.165, 1.54) is 4.80 Å². The molecule has 0 saturated carbocycles. The summed E-state index contributed by atoms with van der Waals surface area (Å²) in [6.07, 6.45) is 0.452. The Morgan fingerprint density at radius 2 is 2.13 bits per heavy atom. The smallest absolute Gasteiger partial charge is 0.246 e. The van der Waals surface area contributed by atoms with Gasteiger partial charge in [0.05, 0.1) is 6.10 Å². The number of rotatable bonds is 4. The van der Waals surface area contributed by atoms with Crippen LogP contribution in [0, 0.1) is 12.8 Å². The van der Waals surface area contributed by atoms with Crippen molar-refractivity contribution in [1.82, 2.24) is 25.1 Å².